The minimum absolute atomic E-state index is 0.0385. The fourth-order valence-corrected chi connectivity index (χ4v) is 4.27. The number of aliphatic hydroxyl groups excluding tert-OH is 1. The van der Waals surface area contributed by atoms with Crippen molar-refractivity contribution in [1.29, 1.82) is 0 Å². The molecule has 1 amide bonds. The van der Waals surface area contributed by atoms with Gasteiger partial charge in [0.2, 0.25) is 5.78 Å². The number of aliphatic hydroxyl groups is 1. The Kier molecular flexibility index (Phi) is 4.20. The Hall–Kier alpha value is -3.12. The Morgan fingerprint density at radius 1 is 1.15 bits per heavy atom. The topological polar surface area (TPSA) is 70.8 Å². The zero-order chi connectivity index (χ0) is 19.1. The molecule has 3 heterocycles. The van der Waals surface area contributed by atoms with Crippen molar-refractivity contribution in [2.75, 3.05) is 4.90 Å². The Bertz CT molecular complexity index is 1030. The van der Waals surface area contributed by atoms with Crippen LogP contribution in [0.4, 0.5) is 5.69 Å². The lowest BCUT2D eigenvalue weighted by Crippen LogP contribution is -2.30. The number of Topliss-reactive ketones (excluding diaryl/α,β-unsaturated/α-hetero) is 1. The van der Waals surface area contributed by atoms with Crippen LogP contribution in [0, 0.1) is 13.8 Å². The summed E-state index contributed by atoms with van der Waals surface area (Å²) in [4.78, 5) is 28.2. The highest BCUT2D eigenvalue weighted by molar-refractivity contribution is 7.10. The monoisotopic (exact) mass is 379 g/mol. The van der Waals surface area contributed by atoms with E-state index in [1.165, 1.54) is 28.6 Å². The smallest absolute Gasteiger partial charge is 0.294 e. The molecular formula is C21H17NO4S. The first-order valence-electron chi connectivity index (χ1n) is 8.44. The van der Waals surface area contributed by atoms with Gasteiger partial charge in [-0.05, 0) is 60.7 Å². The van der Waals surface area contributed by atoms with Gasteiger partial charge in [-0.1, -0.05) is 12.1 Å². The molecule has 1 unspecified atom stereocenters. The zero-order valence-electron chi connectivity index (χ0n) is 14.8. The second-order valence-corrected chi connectivity index (χ2v) is 7.49. The third kappa shape index (κ3) is 2.88. The highest BCUT2D eigenvalue weighted by Crippen LogP contribution is 2.43. The molecule has 4 rings (SSSR count). The average Bonchev–Trinajstić information content (AvgIpc) is 3.35. The van der Waals surface area contributed by atoms with Crippen LogP contribution >= 0.6 is 11.3 Å². The normalized spacial score (nSPS) is 17.0. The van der Waals surface area contributed by atoms with Crippen molar-refractivity contribution in [3.8, 4) is 0 Å². The molecule has 0 spiro atoms. The van der Waals surface area contributed by atoms with E-state index in [1.54, 1.807) is 6.07 Å². The minimum atomic E-state index is -0.698. The van der Waals surface area contributed by atoms with Crippen LogP contribution in [0.2, 0.25) is 0 Å². The summed E-state index contributed by atoms with van der Waals surface area (Å²) in [6.07, 6.45) is 1.39. The first kappa shape index (κ1) is 17.3. The number of amides is 1. The molecule has 27 heavy (non-hydrogen) atoms. The summed E-state index contributed by atoms with van der Waals surface area (Å²) >= 11 is 1.43. The van der Waals surface area contributed by atoms with E-state index in [9.17, 15) is 14.7 Å². The van der Waals surface area contributed by atoms with Crippen LogP contribution in [0.25, 0.3) is 0 Å². The van der Waals surface area contributed by atoms with Gasteiger partial charge in [0.05, 0.1) is 11.8 Å². The Morgan fingerprint density at radius 2 is 1.89 bits per heavy atom. The van der Waals surface area contributed by atoms with E-state index in [2.05, 4.69) is 0 Å². The maximum Gasteiger partial charge on any atom is 0.294 e. The summed E-state index contributed by atoms with van der Waals surface area (Å²) in [5, 5.41) is 12.5. The molecule has 1 atom stereocenters. The van der Waals surface area contributed by atoms with Crippen molar-refractivity contribution in [3.05, 3.63) is 87.2 Å². The number of carbonyl (C=O) groups excluding carboxylic acids is 2. The summed E-state index contributed by atoms with van der Waals surface area (Å²) in [7, 11) is 0. The second-order valence-electron chi connectivity index (χ2n) is 6.51. The lowest BCUT2D eigenvalue weighted by molar-refractivity contribution is -0.117. The fraction of sp³-hybridized carbons (Fsp3) is 0.143. The zero-order valence-corrected chi connectivity index (χ0v) is 15.6. The standard InChI is InChI=1S/C21H17NO4S/c1-12-9-13(2)11-14(10-12)22-18(16-6-4-8-27-16)17(20(24)21(22)25)19(23)15-5-3-7-26-15/h3-11,18,24H,1-2H3. The van der Waals surface area contributed by atoms with Crippen LogP contribution in [-0.2, 0) is 4.79 Å². The number of anilines is 1. The number of furan rings is 1. The van der Waals surface area contributed by atoms with Gasteiger partial charge in [0.25, 0.3) is 5.91 Å². The van der Waals surface area contributed by atoms with Gasteiger partial charge in [0.15, 0.2) is 11.5 Å². The van der Waals surface area contributed by atoms with Gasteiger partial charge in [-0.15, -0.1) is 11.3 Å². The maximum atomic E-state index is 13.0. The molecule has 1 aromatic carbocycles. The molecule has 0 saturated heterocycles. The Balaban J connectivity index is 1.88. The highest BCUT2D eigenvalue weighted by Gasteiger charge is 2.45. The largest absolute Gasteiger partial charge is 0.503 e. The number of thiophene rings is 1. The Labute approximate surface area is 160 Å². The van der Waals surface area contributed by atoms with Gasteiger partial charge in [-0.25, -0.2) is 0 Å². The van der Waals surface area contributed by atoms with E-state index < -0.39 is 23.5 Å². The van der Waals surface area contributed by atoms with Crippen molar-refractivity contribution >= 4 is 28.7 Å². The number of rotatable bonds is 4. The van der Waals surface area contributed by atoms with E-state index in [4.69, 9.17) is 4.42 Å². The molecular weight excluding hydrogens is 362 g/mol. The van der Waals surface area contributed by atoms with E-state index >= 15 is 0 Å². The van der Waals surface area contributed by atoms with Crippen molar-refractivity contribution in [2.45, 2.75) is 19.9 Å². The first-order chi connectivity index (χ1) is 13.0. The number of aryl methyl sites for hydroxylation is 2. The third-order valence-corrected chi connectivity index (χ3v) is 5.42. The molecule has 5 nitrogen and oxygen atoms in total. The number of carbonyl (C=O) groups is 2. The molecule has 1 aliphatic heterocycles. The van der Waals surface area contributed by atoms with Gasteiger partial charge >= 0.3 is 0 Å². The van der Waals surface area contributed by atoms with Crippen molar-refractivity contribution in [1.82, 2.24) is 0 Å². The summed E-state index contributed by atoms with van der Waals surface area (Å²) in [5.74, 6) is -1.52. The van der Waals surface area contributed by atoms with Crippen LogP contribution in [0.15, 0.2) is 69.9 Å². The SMILES string of the molecule is Cc1cc(C)cc(N2C(=O)C(O)=C(C(=O)c3ccco3)C2c2cccs2)c1. The van der Waals surface area contributed by atoms with Gasteiger partial charge in [-0.3, -0.25) is 14.5 Å². The highest BCUT2D eigenvalue weighted by atomic mass is 32.1. The number of hydrogen-bond donors (Lipinski definition) is 1. The second kappa shape index (κ2) is 6.55. The number of benzene rings is 1. The molecule has 2 aromatic heterocycles. The molecule has 0 fully saturated rings. The van der Waals surface area contributed by atoms with Crippen LogP contribution in [0.1, 0.15) is 32.6 Å². The lowest BCUT2D eigenvalue weighted by atomic mass is 10.00. The third-order valence-electron chi connectivity index (χ3n) is 4.50. The quantitative estimate of drug-likeness (QED) is 0.665. The fourth-order valence-electron chi connectivity index (χ4n) is 3.45. The molecule has 136 valence electrons. The van der Waals surface area contributed by atoms with Crippen LogP contribution in [0.3, 0.4) is 0 Å². The van der Waals surface area contributed by atoms with Gasteiger partial charge < -0.3 is 9.52 Å². The number of nitrogens with zero attached hydrogens (tertiary/aromatic N) is 1. The van der Waals surface area contributed by atoms with Crippen LogP contribution in [0.5, 0.6) is 0 Å². The molecule has 3 aromatic rings. The number of hydrogen-bond acceptors (Lipinski definition) is 5. The summed E-state index contributed by atoms with van der Waals surface area (Å²) in [6, 6.07) is 11.9. The van der Waals surface area contributed by atoms with Gasteiger partial charge in [0, 0.05) is 10.6 Å². The first-order valence-corrected chi connectivity index (χ1v) is 9.32. The van der Waals surface area contributed by atoms with E-state index in [0.29, 0.717) is 5.69 Å². The summed E-state index contributed by atoms with van der Waals surface area (Å²) in [5.41, 5.74) is 2.67. The van der Waals surface area contributed by atoms with Gasteiger partial charge in [0.1, 0.15) is 6.04 Å². The molecule has 1 aliphatic rings. The molecule has 6 heteroatoms. The molecule has 0 radical (unpaired) electrons. The molecule has 0 saturated carbocycles. The average molecular weight is 379 g/mol. The predicted molar refractivity (Wildman–Crippen MR) is 103 cm³/mol. The lowest BCUT2D eigenvalue weighted by Gasteiger charge is -2.26. The van der Waals surface area contributed by atoms with Crippen LogP contribution < -0.4 is 4.90 Å². The number of ketones is 1. The molecule has 0 bridgehead atoms. The summed E-state index contributed by atoms with van der Waals surface area (Å²) < 4.78 is 5.21. The molecule has 1 N–H and O–H groups in total. The maximum absolute atomic E-state index is 13.0. The van der Waals surface area contributed by atoms with Crippen molar-refractivity contribution in [2.24, 2.45) is 0 Å². The van der Waals surface area contributed by atoms with E-state index in [0.717, 1.165) is 16.0 Å². The van der Waals surface area contributed by atoms with E-state index in [-0.39, 0.29) is 11.3 Å². The summed E-state index contributed by atoms with van der Waals surface area (Å²) in [6.45, 7) is 3.89. The Morgan fingerprint density at radius 3 is 2.48 bits per heavy atom. The van der Waals surface area contributed by atoms with Gasteiger partial charge in [-0.2, -0.15) is 0 Å². The van der Waals surface area contributed by atoms with Crippen LogP contribution in [-0.4, -0.2) is 16.8 Å². The van der Waals surface area contributed by atoms with E-state index in [1.807, 2.05) is 49.6 Å². The van der Waals surface area contributed by atoms with Crippen molar-refractivity contribution in [3.63, 3.8) is 0 Å². The molecule has 0 aliphatic carbocycles. The predicted octanol–water partition coefficient (Wildman–Crippen LogP) is 4.74. The minimum Gasteiger partial charge on any atom is -0.503 e. The van der Waals surface area contributed by atoms with Crippen molar-refractivity contribution < 1.29 is 19.1 Å².